The maximum Gasteiger partial charge on any atom is 0.326 e. The van der Waals surface area contributed by atoms with Crippen LogP contribution in [-0.4, -0.2) is 74.9 Å². The van der Waals surface area contributed by atoms with Crippen molar-refractivity contribution in [3.8, 4) is 5.75 Å². The van der Waals surface area contributed by atoms with Crippen LogP contribution < -0.4 is 21.7 Å². The lowest BCUT2D eigenvalue weighted by Gasteiger charge is -2.24. The normalized spacial score (nSPS) is 14.2. The van der Waals surface area contributed by atoms with Crippen molar-refractivity contribution in [2.45, 2.75) is 63.7 Å². The molecular weight excluding hydrogens is 492 g/mol. The van der Waals surface area contributed by atoms with Crippen LogP contribution in [0.1, 0.15) is 38.7 Å². The van der Waals surface area contributed by atoms with Crippen molar-refractivity contribution in [2.75, 3.05) is 5.75 Å². The molecule has 0 heterocycles. The Hall–Kier alpha value is -3.32. The zero-order valence-electron chi connectivity index (χ0n) is 20.1. The number of hydrogen-bond donors (Lipinski definition) is 8. The number of carboxylic acid groups (broad SMARTS) is 2. The first-order chi connectivity index (χ1) is 16.8. The molecule has 0 aliphatic heterocycles. The largest absolute Gasteiger partial charge is 0.508 e. The smallest absolute Gasteiger partial charge is 0.326 e. The summed E-state index contributed by atoms with van der Waals surface area (Å²) in [6, 6.07) is 0.917. The highest BCUT2D eigenvalue weighted by molar-refractivity contribution is 7.80. The van der Waals surface area contributed by atoms with Gasteiger partial charge in [-0.15, -0.1) is 0 Å². The second-order valence-electron chi connectivity index (χ2n) is 8.74. The van der Waals surface area contributed by atoms with Gasteiger partial charge in [-0.3, -0.25) is 19.2 Å². The van der Waals surface area contributed by atoms with E-state index in [1.165, 1.54) is 24.3 Å². The number of nitrogens with one attached hydrogen (secondary N) is 3. The Morgan fingerprint density at radius 3 is 1.92 bits per heavy atom. The molecule has 200 valence electrons. The summed E-state index contributed by atoms with van der Waals surface area (Å²) in [5.74, 6) is -4.85. The van der Waals surface area contributed by atoms with Gasteiger partial charge in [-0.2, -0.15) is 12.6 Å². The lowest BCUT2D eigenvalue weighted by molar-refractivity contribution is -0.143. The molecule has 3 amide bonds. The molecular formula is C23H34N4O8S. The minimum Gasteiger partial charge on any atom is -0.508 e. The predicted molar refractivity (Wildman–Crippen MR) is 133 cm³/mol. The third-order valence-corrected chi connectivity index (χ3v) is 5.51. The van der Waals surface area contributed by atoms with Crippen molar-refractivity contribution in [1.29, 1.82) is 0 Å². The summed E-state index contributed by atoms with van der Waals surface area (Å²) in [6.45, 7) is 3.77. The van der Waals surface area contributed by atoms with E-state index in [4.69, 9.17) is 10.8 Å². The highest BCUT2D eigenvalue weighted by Gasteiger charge is 2.30. The van der Waals surface area contributed by atoms with E-state index in [9.17, 15) is 34.2 Å². The fourth-order valence-electron chi connectivity index (χ4n) is 3.24. The Labute approximate surface area is 214 Å². The number of carboxylic acids is 2. The van der Waals surface area contributed by atoms with Gasteiger partial charge in [-0.1, -0.05) is 26.0 Å². The Balaban J connectivity index is 2.95. The molecule has 1 aromatic rings. The average Bonchev–Trinajstić information content (AvgIpc) is 2.79. The minimum absolute atomic E-state index is 0.0119. The second kappa shape index (κ2) is 14.9. The van der Waals surface area contributed by atoms with E-state index in [-0.39, 0.29) is 30.3 Å². The van der Waals surface area contributed by atoms with Crippen molar-refractivity contribution in [3.05, 3.63) is 29.8 Å². The minimum atomic E-state index is -1.39. The van der Waals surface area contributed by atoms with E-state index in [0.717, 1.165) is 0 Å². The number of aliphatic carboxylic acids is 2. The van der Waals surface area contributed by atoms with Crippen molar-refractivity contribution in [2.24, 2.45) is 11.7 Å². The molecule has 0 spiro atoms. The van der Waals surface area contributed by atoms with Crippen molar-refractivity contribution in [3.63, 3.8) is 0 Å². The number of phenolic OH excluding ortho intramolecular Hbond substituents is 1. The van der Waals surface area contributed by atoms with Crippen LogP contribution in [-0.2, 0) is 30.4 Å². The van der Waals surface area contributed by atoms with Crippen LogP contribution >= 0.6 is 12.6 Å². The number of nitrogens with two attached hydrogens (primary N) is 1. The maximum absolute atomic E-state index is 12.9. The molecule has 0 aromatic heterocycles. The Morgan fingerprint density at radius 2 is 1.42 bits per heavy atom. The average molecular weight is 527 g/mol. The predicted octanol–water partition coefficient (Wildman–Crippen LogP) is -0.358. The number of thiol groups is 1. The van der Waals surface area contributed by atoms with Gasteiger partial charge in [0.15, 0.2) is 0 Å². The van der Waals surface area contributed by atoms with Crippen molar-refractivity contribution < 1.29 is 39.3 Å². The first-order valence-corrected chi connectivity index (χ1v) is 12.0. The summed E-state index contributed by atoms with van der Waals surface area (Å²) in [7, 11) is 0. The Morgan fingerprint density at radius 1 is 0.889 bits per heavy atom. The van der Waals surface area contributed by atoms with E-state index in [1.807, 2.05) is 13.8 Å². The van der Waals surface area contributed by atoms with Crippen LogP contribution in [0.15, 0.2) is 24.3 Å². The molecule has 12 nitrogen and oxygen atoms in total. The topological polar surface area (TPSA) is 208 Å². The monoisotopic (exact) mass is 526 g/mol. The third-order valence-electron chi connectivity index (χ3n) is 5.15. The number of carbonyl (C=O) groups is 5. The summed E-state index contributed by atoms with van der Waals surface area (Å²) in [5, 5.41) is 35.1. The Bertz CT molecular complexity index is 925. The molecule has 4 atom stereocenters. The molecule has 0 radical (unpaired) electrons. The van der Waals surface area contributed by atoms with Crippen molar-refractivity contribution in [1.82, 2.24) is 16.0 Å². The molecule has 1 aromatic carbocycles. The number of rotatable bonds is 15. The molecule has 0 saturated heterocycles. The summed E-state index contributed by atoms with van der Waals surface area (Å²) in [6.07, 6.45) is -0.540. The van der Waals surface area contributed by atoms with Gasteiger partial charge in [0.1, 0.15) is 23.9 Å². The zero-order valence-corrected chi connectivity index (χ0v) is 21.0. The second-order valence-corrected chi connectivity index (χ2v) is 9.11. The van der Waals surface area contributed by atoms with Gasteiger partial charge in [0, 0.05) is 18.6 Å². The van der Waals surface area contributed by atoms with Crippen LogP contribution in [0.5, 0.6) is 5.75 Å². The molecule has 1 rings (SSSR count). The SMILES string of the molecule is CC(C)CC(N)C(=O)NC(CS)C(=O)NC(CCC(=O)O)C(=O)NC(Cc1ccc(O)cc1)C(=O)O. The van der Waals surface area contributed by atoms with Gasteiger partial charge in [0.25, 0.3) is 0 Å². The first-order valence-electron chi connectivity index (χ1n) is 11.3. The molecule has 4 unspecified atom stereocenters. The quantitative estimate of drug-likeness (QED) is 0.140. The fourth-order valence-corrected chi connectivity index (χ4v) is 3.49. The number of amides is 3. The number of benzene rings is 1. The van der Waals surface area contributed by atoms with Crippen LogP contribution in [0.25, 0.3) is 0 Å². The van der Waals surface area contributed by atoms with Gasteiger partial charge < -0.3 is 37.0 Å². The van der Waals surface area contributed by atoms with Gasteiger partial charge in [0.2, 0.25) is 17.7 Å². The van der Waals surface area contributed by atoms with E-state index in [1.54, 1.807) is 0 Å². The molecule has 13 heteroatoms. The lowest BCUT2D eigenvalue weighted by atomic mass is 10.0. The standard InChI is InChI=1S/C23H34N4O8S/c1-12(2)9-15(24)20(31)27-18(11-36)22(33)25-16(7-8-19(29)30)21(32)26-17(23(34)35)10-13-3-5-14(28)6-4-13/h3-6,12,15-18,28,36H,7-11,24H2,1-2H3,(H,25,33)(H,26,32)(H,27,31)(H,29,30)(H,34,35). The molecule has 0 fully saturated rings. The number of hydrogen-bond acceptors (Lipinski definition) is 8. The summed E-state index contributed by atoms with van der Waals surface area (Å²) in [5.41, 5.74) is 6.35. The number of aromatic hydroxyl groups is 1. The highest BCUT2D eigenvalue weighted by Crippen LogP contribution is 2.12. The van der Waals surface area contributed by atoms with Crippen molar-refractivity contribution >= 4 is 42.3 Å². The van der Waals surface area contributed by atoms with Crippen LogP contribution in [0.3, 0.4) is 0 Å². The summed E-state index contributed by atoms with van der Waals surface area (Å²) >= 11 is 4.07. The van der Waals surface area contributed by atoms with Crippen LogP contribution in [0.4, 0.5) is 0 Å². The number of phenols is 1. The van der Waals surface area contributed by atoms with E-state index in [0.29, 0.717) is 12.0 Å². The van der Waals surface area contributed by atoms with Crippen LogP contribution in [0, 0.1) is 5.92 Å². The number of carbonyl (C=O) groups excluding carboxylic acids is 3. The van der Waals surface area contributed by atoms with Gasteiger partial charge >= 0.3 is 11.9 Å². The third kappa shape index (κ3) is 11.0. The molecule has 0 bridgehead atoms. The Kier molecular flexibility index (Phi) is 12.7. The molecule has 36 heavy (non-hydrogen) atoms. The maximum atomic E-state index is 12.9. The highest BCUT2D eigenvalue weighted by atomic mass is 32.1. The molecule has 8 N–H and O–H groups in total. The van der Waals surface area contributed by atoms with Gasteiger partial charge in [0.05, 0.1) is 6.04 Å². The van der Waals surface area contributed by atoms with Gasteiger partial charge in [-0.25, -0.2) is 4.79 Å². The molecule has 0 aliphatic rings. The fraction of sp³-hybridized carbons (Fsp3) is 0.522. The molecule has 0 aliphatic carbocycles. The molecule has 0 saturated carbocycles. The van der Waals surface area contributed by atoms with Gasteiger partial charge in [-0.05, 0) is 36.5 Å². The van der Waals surface area contributed by atoms with E-state index < -0.39 is 60.2 Å². The zero-order chi connectivity index (χ0) is 27.4. The van der Waals surface area contributed by atoms with E-state index >= 15 is 0 Å². The summed E-state index contributed by atoms with van der Waals surface area (Å²) < 4.78 is 0. The lowest BCUT2D eigenvalue weighted by Crippen LogP contribution is -2.58. The van der Waals surface area contributed by atoms with E-state index in [2.05, 4.69) is 28.6 Å². The summed E-state index contributed by atoms with van der Waals surface area (Å²) in [4.78, 5) is 60.7. The first kappa shape index (κ1) is 30.7. The van der Waals surface area contributed by atoms with Crippen LogP contribution in [0.2, 0.25) is 0 Å².